The number of benzene rings is 1. The molecule has 1 fully saturated rings. The van der Waals surface area contributed by atoms with Gasteiger partial charge in [-0.25, -0.2) is 0 Å². The van der Waals surface area contributed by atoms with Crippen LogP contribution in [0.15, 0.2) is 18.2 Å². The molecule has 106 valence electrons. The molecule has 19 heavy (non-hydrogen) atoms. The molecule has 0 aromatic heterocycles. The highest BCUT2D eigenvalue weighted by Crippen LogP contribution is 2.37. The molecule has 0 unspecified atom stereocenters. The second kappa shape index (κ2) is 6.81. The highest BCUT2D eigenvalue weighted by Gasteiger charge is 2.30. The van der Waals surface area contributed by atoms with Gasteiger partial charge < -0.3 is 5.32 Å². The molecule has 0 aliphatic heterocycles. The second-order valence-corrected chi connectivity index (χ2v) is 7.26. The molecule has 0 saturated heterocycles. The SMILES string of the molecule is CSC1(CNCc2ccc(C)cc2C)CCCCC1. The molecule has 0 radical (unpaired) electrons. The molecule has 0 bridgehead atoms. The Balaban J connectivity index is 1.88. The third kappa shape index (κ3) is 4.00. The Kier molecular flexibility index (Phi) is 5.35. The molecule has 2 rings (SSSR count). The predicted molar refractivity (Wildman–Crippen MR) is 87.0 cm³/mol. The summed E-state index contributed by atoms with van der Waals surface area (Å²) in [6.07, 6.45) is 9.30. The summed E-state index contributed by atoms with van der Waals surface area (Å²) in [7, 11) is 0. The number of aryl methyl sites for hydroxylation is 2. The van der Waals surface area contributed by atoms with Gasteiger partial charge >= 0.3 is 0 Å². The lowest BCUT2D eigenvalue weighted by atomic mass is 9.88. The van der Waals surface area contributed by atoms with Gasteiger partial charge in [0.1, 0.15) is 0 Å². The monoisotopic (exact) mass is 277 g/mol. The molecule has 1 saturated carbocycles. The predicted octanol–water partition coefficient (Wildman–Crippen LogP) is 4.46. The number of thioether (sulfide) groups is 1. The fourth-order valence-corrected chi connectivity index (χ4v) is 4.06. The van der Waals surface area contributed by atoms with Crippen LogP contribution in [0.4, 0.5) is 0 Å². The summed E-state index contributed by atoms with van der Waals surface area (Å²) in [5, 5.41) is 3.70. The minimum Gasteiger partial charge on any atom is -0.311 e. The normalized spacial score (nSPS) is 18.5. The van der Waals surface area contributed by atoms with E-state index in [4.69, 9.17) is 0 Å². The van der Waals surface area contributed by atoms with Gasteiger partial charge in [-0.2, -0.15) is 11.8 Å². The van der Waals surface area contributed by atoms with E-state index in [1.807, 2.05) is 0 Å². The Morgan fingerprint density at radius 3 is 2.53 bits per heavy atom. The van der Waals surface area contributed by atoms with Crippen LogP contribution in [0.25, 0.3) is 0 Å². The van der Waals surface area contributed by atoms with E-state index in [2.05, 4.69) is 55.4 Å². The first-order valence-electron chi connectivity index (χ1n) is 7.47. The molecular weight excluding hydrogens is 250 g/mol. The van der Waals surface area contributed by atoms with Gasteiger partial charge in [0.05, 0.1) is 0 Å². The maximum Gasteiger partial charge on any atom is 0.0281 e. The third-order valence-corrected chi connectivity index (χ3v) is 5.88. The van der Waals surface area contributed by atoms with Crippen molar-refractivity contribution in [3.63, 3.8) is 0 Å². The molecule has 0 spiro atoms. The molecule has 1 aromatic carbocycles. The first kappa shape index (κ1) is 14.9. The van der Waals surface area contributed by atoms with Crippen molar-refractivity contribution < 1.29 is 0 Å². The average molecular weight is 277 g/mol. The average Bonchev–Trinajstić information content (AvgIpc) is 2.42. The van der Waals surface area contributed by atoms with Crippen LogP contribution in [0.2, 0.25) is 0 Å². The maximum absolute atomic E-state index is 3.70. The number of nitrogens with one attached hydrogen (secondary N) is 1. The second-order valence-electron chi connectivity index (χ2n) is 5.98. The molecule has 0 amide bonds. The van der Waals surface area contributed by atoms with E-state index in [1.165, 1.54) is 48.8 Å². The summed E-state index contributed by atoms with van der Waals surface area (Å²) in [5.74, 6) is 0. The summed E-state index contributed by atoms with van der Waals surface area (Å²) < 4.78 is 0.497. The maximum atomic E-state index is 3.70. The van der Waals surface area contributed by atoms with Crippen molar-refractivity contribution in [3.05, 3.63) is 34.9 Å². The van der Waals surface area contributed by atoms with Gasteiger partial charge in [0, 0.05) is 17.8 Å². The fourth-order valence-electron chi connectivity index (χ4n) is 3.12. The van der Waals surface area contributed by atoms with Gasteiger partial charge in [-0.3, -0.25) is 0 Å². The zero-order valence-corrected chi connectivity index (χ0v) is 13.4. The summed E-state index contributed by atoms with van der Waals surface area (Å²) in [6.45, 7) is 6.54. The molecular formula is C17H27NS. The lowest BCUT2D eigenvalue weighted by Gasteiger charge is -2.36. The van der Waals surface area contributed by atoms with Gasteiger partial charge in [-0.1, -0.05) is 43.0 Å². The van der Waals surface area contributed by atoms with E-state index in [0.717, 1.165) is 13.1 Å². The molecule has 0 heterocycles. The first-order valence-corrected chi connectivity index (χ1v) is 8.70. The summed E-state index contributed by atoms with van der Waals surface area (Å²) >= 11 is 2.07. The Morgan fingerprint density at radius 2 is 1.89 bits per heavy atom. The zero-order chi connectivity index (χ0) is 13.7. The molecule has 1 N–H and O–H groups in total. The minimum atomic E-state index is 0.497. The van der Waals surface area contributed by atoms with Crippen LogP contribution in [-0.4, -0.2) is 17.5 Å². The van der Waals surface area contributed by atoms with E-state index < -0.39 is 0 Å². The van der Waals surface area contributed by atoms with Crippen molar-refractivity contribution in [3.8, 4) is 0 Å². The number of rotatable bonds is 5. The standard InChI is InChI=1S/C17H27NS/c1-14-7-8-16(15(2)11-14)12-18-13-17(19-3)9-5-4-6-10-17/h7-8,11,18H,4-6,9-10,12-13H2,1-3H3. The highest BCUT2D eigenvalue weighted by molar-refractivity contribution is 8.00. The molecule has 1 aliphatic rings. The van der Waals surface area contributed by atoms with Gasteiger partial charge in [-0.05, 0) is 44.1 Å². The highest BCUT2D eigenvalue weighted by atomic mass is 32.2. The lowest BCUT2D eigenvalue weighted by molar-refractivity contribution is 0.379. The molecule has 1 aromatic rings. The van der Waals surface area contributed by atoms with Crippen molar-refractivity contribution in [1.29, 1.82) is 0 Å². The van der Waals surface area contributed by atoms with Crippen LogP contribution in [-0.2, 0) is 6.54 Å². The van der Waals surface area contributed by atoms with Gasteiger partial charge in [-0.15, -0.1) is 0 Å². The topological polar surface area (TPSA) is 12.0 Å². The third-order valence-electron chi connectivity index (χ3n) is 4.46. The molecule has 1 aliphatic carbocycles. The number of hydrogen-bond donors (Lipinski definition) is 1. The van der Waals surface area contributed by atoms with Crippen LogP contribution in [0.5, 0.6) is 0 Å². The largest absolute Gasteiger partial charge is 0.311 e. The molecule has 2 heteroatoms. The van der Waals surface area contributed by atoms with E-state index in [-0.39, 0.29) is 0 Å². The Hall–Kier alpha value is -0.470. The van der Waals surface area contributed by atoms with Crippen molar-refractivity contribution in [2.75, 3.05) is 12.8 Å². The Bertz CT molecular complexity index is 408. The van der Waals surface area contributed by atoms with E-state index in [9.17, 15) is 0 Å². The fraction of sp³-hybridized carbons (Fsp3) is 0.647. The Labute approximate surface area is 122 Å². The molecule has 1 nitrogen and oxygen atoms in total. The van der Waals surface area contributed by atoms with Gasteiger partial charge in [0.2, 0.25) is 0 Å². The van der Waals surface area contributed by atoms with E-state index in [0.29, 0.717) is 4.75 Å². The summed E-state index contributed by atoms with van der Waals surface area (Å²) in [5.41, 5.74) is 4.21. The van der Waals surface area contributed by atoms with Crippen LogP contribution < -0.4 is 5.32 Å². The zero-order valence-electron chi connectivity index (χ0n) is 12.6. The number of hydrogen-bond acceptors (Lipinski definition) is 2. The Morgan fingerprint density at radius 1 is 1.16 bits per heavy atom. The van der Waals surface area contributed by atoms with Crippen LogP contribution in [0, 0.1) is 13.8 Å². The summed E-state index contributed by atoms with van der Waals surface area (Å²) in [6, 6.07) is 6.77. The van der Waals surface area contributed by atoms with Crippen LogP contribution in [0.1, 0.15) is 48.8 Å². The minimum absolute atomic E-state index is 0.497. The lowest BCUT2D eigenvalue weighted by Crippen LogP contribution is -2.39. The van der Waals surface area contributed by atoms with E-state index in [1.54, 1.807) is 0 Å². The molecule has 0 atom stereocenters. The quantitative estimate of drug-likeness (QED) is 0.853. The van der Waals surface area contributed by atoms with Gasteiger partial charge in [0.15, 0.2) is 0 Å². The first-order chi connectivity index (χ1) is 9.15. The van der Waals surface area contributed by atoms with E-state index >= 15 is 0 Å². The van der Waals surface area contributed by atoms with Crippen molar-refractivity contribution in [2.24, 2.45) is 0 Å². The van der Waals surface area contributed by atoms with Crippen molar-refractivity contribution in [2.45, 2.75) is 57.2 Å². The van der Waals surface area contributed by atoms with Crippen molar-refractivity contribution >= 4 is 11.8 Å². The smallest absolute Gasteiger partial charge is 0.0281 e. The summed E-state index contributed by atoms with van der Waals surface area (Å²) in [4.78, 5) is 0. The van der Waals surface area contributed by atoms with Crippen LogP contribution in [0.3, 0.4) is 0 Å². The van der Waals surface area contributed by atoms with Crippen molar-refractivity contribution in [1.82, 2.24) is 5.32 Å². The van der Waals surface area contributed by atoms with Crippen LogP contribution >= 0.6 is 11.8 Å². The van der Waals surface area contributed by atoms with Gasteiger partial charge in [0.25, 0.3) is 0 Å².